The Kier molecular flexibility index (Phi) is 3.31. The Balaban J connectivity index is 2.28. The van der Waals surface area contributed by atoms with Crippen LogP contribution >= 0.6 is 11.6 Å². The van der Waals surface area contributed by atoms with Crippen LogP contribution in [0.2, 0.25) is 5.02 Å². The van der Waals surface area contributed by atoms with Crippen molar-refractivity contribution >= 4 is 23.4 Å². The normalized spacial score (nSPS) is 20.8. The molecule has 1 N–H and O–H groups in total. The van der Waals surface area contributed by atoms with E-state index >= 15 is 0 Å². The quantitative estimate of drug-likeness (QED) is 0.862. The molecule has 0 spiro atoms. The summed E-state index contributed by atoms with van der Waals surface area (Å²) in [6.07, 6.45) is 0.206. The molecular formula is C11H12ClNO3. The maximum absolute atomic E-state index is 11.6. The molecule has 0 radical (unpaired) electrons. The first kappa shape index (κ1) is 11.2. The van der Waals surface area contributed by atoms with E-state index in [0.29, 0.717) is 23.7 Å². The number of rotatable bonds is 2. The molecule has 1 fully saturated rings. The Morgan fingerprint density at radius 1 is 1.44 bits per heavy atom. The first-order valence-electron chi connectivity index (χ1n) is 5.05. The molecule has 2 rings (SSSR count). The fourth-order valence-corrected chi connectivity index (χ4v) is 1.85. The molecule has 0 aromatic heterocycles. The van der Waals surface area contributed by atoms with E-state index in [1.54, 1.807) is 24.3 Å². The molecule has 4 nitrogen and oxygen atoms in total. The number of nitrogens with zero attached hydrogens (tertiary/aromatic N) is 1. The average Bonchev–Trinajstić information content (AvgIpc) is 2.30. The van der Waals surface area contributed by atoms with Crippen LogP contribution in [-0.4, -0.2) is 30.5 Å². The number of aliphatic hydroxyl groups is 1. The van der Waals surface area contributed by atoms with E-state index in [-0.39, 0.29) is 12.6 Å². The van der Waals surface area contributed by atoms with E-state index in [2.05, 4.69) is 0 Å². The molecule has 1 aromatic rings. The van der Waals surface area contributed by atoms with Crippen molar-refractivity contribution in [1.29, 1.82) is 0 Å². The van der Waals surface area contributed by atoms with Gasteiger partial charge in [0, 0.05) is 17.1 Å². The zero-order chi connectivity index (χ0) is 11.5. The van der Waals surface area contributed by atoms with E-state index in [4.69, 9.17) is 16.3 Å². The monoisotopic (exact) mass is 241 g/mol. The van der Waals surface area contributed by atoms with Gasteiger partial charge >= 0.3 is 6.09 Å². The van der Waals surface area contributed by atoms with Crippen molar-refractivity contribution in [3.05, 3.63) is 29.3 Å². The van der Waals surface area contributed by atoms with Crippen molar-refractivity contribution in [2.24, 2.45) is 0 Å². The van der Waals surface area contributed by atoms with Gasteiger partial charge in [-0.05, 0) is 24.3 Å². The van der Waals surface area contributed by atoms with Gasteiger partial charge in [0.15, 0.2) is 0 Å². The molecule has 1 amide bonds. The fraction of sp³-hybridized carbons (Fsp3) is 0.364. The van der Waals surface area contributed by atoms with Gasteiger partial charge in [0.2, 0.25) is 0 Å². The molecule has 1 heterocycles. The van der Waals surface area contributed by atoms with E-state index in [0.717, 1.165) is 0 Å². The van der Waals surface area contributed by atoms with Gasteiger partial charge in [-0.1, -0.05) is 11.6 Å². The Labute approximate surface area is 98.4 Å². The highest BCUT2D eigenvalue weighted by molar-refractivity contribution is 6.30. The minimum Gasteiger partial charge on any atom is -0.449 e. The smallest absolute Gasteiger partial charge is 0.414 e. The van der Waals surface area contributed by atoms with Crippen LogP contribution in [0, 0.1) is 0 Å². The standard InChI is InChI=1S/C11H12ClNO3/c12-8-1-3-9(4-2-8)13-10(7-14)5-6-16-11(13)15/h1-4,10,14H,5-7H2. The number of carbonyl (C=O) groups is 1. The second kappa shape index (κ2) is 4.72. The summed E-state index contributed by atoms with van der Waals surface area (Å²) in [6, 6.07) is 6.65. The minimum absolute atomic E-state index is 0.0717. The molecular weight excluding hydrogens is 230 g/mol. The Hall–Kier alpha value is -1.26. The summed E-state index contributed by atoms with van der Waals surface area (Å²) in [7, 11) is 0. The van der Waals surface area contributed by atoms with E-state index < -0.39 is 6.09 Å². The summed E-state index contributed by atoms with van der Waals surface area (Å²) < 4.78 is 4.95. The van der Waals surface area contributed by atoms with Crippen molar-refractivity contribution < 1.29 is 14.6 Å². The second-order valence-corrected chi connectivity index (χ2v) is 4.02. The van der Waals surface area contributed by atoms with Crippen LogP contribution in [0.15, 0.2) is 24.3 Å². The molecule has 1 atom stereocenters. The van der Waals surface area contributed by atoms with Gasteiger partial charge in [0.1, 0.15) is 0 Å². The zero-order valence-corrected chi connectivity index (χ0v) is 9.35. The number of hydrogen-bond donors (Lipinski definition) is 1. The number of amides is 1. The van der Waals surface area contributed by atoms with Crippen molar-refractivity contribution in [3.63, 3.8) is 0 Å². The van der Waals surface area contributed by atoms with Gasteiger partial charge in [-0.25, -0.2) is 4.79 Å². The maximum Gasteiger partial charge on any atom is 0.414 e. The molecule has 1 aliphatic rings. The number of ether oxygens (including phenoxy) is 1. The third kappa shape index (κ3) is 2.13. The molecule has 5 heteroatoms. The lowest BCUT2D eigenvalue weighted by Crippen LogP contribution is -2.47. The molecule has 1 aromatic carbocycles. The highest BCUT2D eigenvalue weighted by Crippen LogP contribution is 2.24. The highest BCUT2D eigenvalue weighted by atomic mass is 35.5. The van der Waals surface area contributed by atoms with E-state index in [1.165, 1.54) is 4.90 Å². The topological polar surface area (TPSA) is 49.8 Å². The summed E-state index contributed by atoms with van der Waals surface area (Å²) in [5.74, 6) is 0. The lowest BCUT2D eigenvalue weighted by atomic mass is 10.1. The van der Waals surface area contributed by atoms with Crippen LogP contribution in [0.3, 0.4) is 0 Å². The van der Waals surface area contributed by atoms with Crippen LogP contribution in [0.25, 0.3) is 0 Å². The van der Waals surface area contributed by atoms with Gasteiger partial charge < -0.3 is 9.84 Å². The van der Waals surface area contributed by atoms with Crippen LogP contribution in [0.1, 0.15) is 6.42 Å². The van der Waals surface area contributed by atoms with Crippen LogP contribution in [0.5, 0.6) is 0 Å². The summed E-state index contributed by atoms with van der Waals surface area (Å²) in [5.41, 5.74) is 0.688. The van der Waals surface area contributed by atoms with Crippen molar-refractivity contribution in [2.75, 3.05) is 18.1 Å². The van der Waals surface area contributed by atoms with Gasteiger partial charge in [0.05, 0.1) is 19.3 Å². The van der Waals surface area contributed by atoms with Gasteiger partial charge in [-0.3, -0.25) is 4.90 Å². The number of carbonyl (C=O) groups excluding carboxylic acids is 1. The first-order valence-corrected chi connectivity index (χ1v) is 5.42. The highest BCUT2D eigenvalue weighted by Gasteiger charge is 2.30. The number of aliphatic hydroxyl groups excluding tert-OH is 1. The van der Waals surface area contributed by atoms with E-state index in [9.17, 15) is 9.90 Å². The molecule has 0 aliphatic carbocycles. The number of hydrogen-bond acceptors (Lipinski definition) is 3. The number of halogens is 1. The number of benzene rings is 1. The Morgan fingerprint density at radius 3 is 2.75 bits per heavy atom. The Morgan fingerprint density at radius 2 is 2.12 bits per heavy atom. The van der Waals surface area contributed by atoms with Crippen molar-refractivity contribution in [1.82, 2.24) is 0 Å². The van der Waals surface area contributed by atoms with Crippen molar-refractivity contribution in [3.8, 4) is 0 Å². The molecule has 86 valence electrons. The van der Waals surface area contributed by atoms with Gasteiger partial charge in [-0.15, -0.1) is 0 Å². The van der Waals surface area contributed by atoms with Gasteiger partial charge in [0.25, 0.3) is 0 Å². The summed E-state index contributed by atoms with van der Waals surface area (Å²) in [6.45, 7) is 0.284. The maximum atomic E-state index is 11.6. The van der Waals surface area contributed by atoms with E-state index in [1.807, 2.05) is 0 Å². The predicted molar refractivity (Wildman–Crippen MR) is 60.8 cm³/mol. The van der Waals surface area contributed by atoms with Crippen LogP contribution < -0.4 is 4.90 Å². The largest absolute Gasteiger partial charge is 0.449 e. The predicted octanol–water partition coefficient (Wildman–Crippen LogP) is 2.05. The third-order valence-electron chi connectivity index (χ3n) is 2.55. The summed E-state index contributed by atoms with van der Waals surface area (Å²) in [4.78, 5) is 13.1. The zero-order valence-electron chi connectivity index (χ0n) is 8.60. The molecule has 1 saturated heterocycles. The molecule has 1 unspecified atom stereocenters. The molecule has 16 heavy (non-hydrogen) atoms. The van der Waals surface area contributed by atoms with Gasteiger partial charge in [-0.2, -0.15) is 0 Å². The Bertz CT molecular complexity index is 379. The summed E-state index contributed by atoms with van der Waals surface area (Å²) >= 11 is 5.77. The van der Waals surface area contributed by atoms with Crippen LogP contribution in [0.4, 0.5) is 10.5 Å². The van der Waals surface area contributed by atoms with Crippen LogP contribution in [-0.2, 0) is 4.74 Å². The number of cyclic esters (lactones) is 1. The second-order valence-electron chi connectivity index (χ2n) is 3.59. The SMILES string of the molecule is O=C1OCCC(CO)N1c1ccc(Cl)cc1. The molecule has 1 aliphatic heterocycles. The summed E-state index contributed by atoms with van der Waals surface area (Å²) in [5, 5.41) is 9.83. The fourth-order valence-electron chi connectivity index (χ4n) is 1.72. The lowest BCUT2D eigenvalue weighted by Gasteiger charge is -2.33. The third-order valence-corrected chi connectivity index (χ3v) is 2.81. The number of anilines is 1. The molecule has 0 saturated carbocycles. The minimum atomic E-state index is -0.423. The lowest BCUT2D eigenvalue weighted by molar-refractivity contribution is 0.116. The molecule has 0 bridgehead atoms. The van der Waals surface area contributed by atoms with Crippen molar-refractivity contribution in [2.45, 2.75) is 12.5 Å². The first-order chi connectivity index (χ1) is 7.72. The average molecular weight is 242 g/mol.